The minimum atomic E-state index is 0.515. The maximum absolute atomic E-state index is 6.15. The highest BCUT2D eigenvalue weighted by Crippen LogP contribution is 2.53. The van der Waals surface area contributed by atoms with Crippen molar-refractivity contribution >= 4 is 45.2 Å². The van der Waals surface area contributed by atoms with Gasteiger partial charge in [0.1, 0.15) is 5.82 Å². The smallest absolute Gasteiger partial charge is 0.125 e. The Bertz CT molecular complexity index is 616. The lowest BCUT2D eigenvalue weighted by Gasteiger charge is -2.21. The van der Waals surface area contributed by atoms with Gasteiger partial charge < -0.3 is 4.57 Å². The maximum atomic E-state index is 6.15. The van der Waals surface area contributed by atoms with Crippen molar-refractivity contribution in [1.82, 2.24) is 9.55 Å². The molecule has 2 saturated carbocycles. The Morgan fingerprint density at radius 2 is 1.95 bits per heavy atom. The molecule has 0 spiro atoms. The molecule has 4 heteroatoms. The average Bonchev–Trinajstić information content (AvgIpc) is 3.28. The van der Waals surface area contributed by atoms with Gasteiger partial charge in [-0.1, -0.05) is 0 Å². The summed E-state index contributed by atoms with van der Waals surface area (Å²) in [4.78, 5) is 4.76. The van der Waals surface area contributed by atoms with Crippen molar-refractivity contribution in [1.29, 1.82) is 0 Å². The van der Waals surface area contributed by atoms with Gasteiger partial charge >= 0.3 is 0 Å². The summed E-state index contributed by atoms with van der Waals surface area (Å²) in [7, 11) is 0. The Morgan fingerprint density at radius 3 is 2.53 bits per heavy atom. The van der Waals surface area contributed by atoms with Gasteiger partial charge in [-0.15, -0.1) is 11.6 Å². The van der Waals surface area contributed by atoms with Crippen LogP contribution >= 0.6 is 34.2 Å². The number of hydrogen-bond donors (Lipinski definition) is 0. The third-order valence-corrected chi connectivity index (χ3v) is 5.26. The van der Waals surface area contributed by atoms with Crippen LogP contribution in [0, 0.1) is 15.4 Å². The maximum Gasteiger partial charge on any atom is 0.125 e. The van der Waals surface area contributed by atoms with E-state index in [9.17, 15) is 0 Å². The zero-order valence-electron chi connectivity index (χ0n) is 10.6. The number of halogens is 2. The van der Waals surface area contributed by atoms with E-state index in [4.69, 9.17) is 16.6 Å². The summed E-state index contributed by atoms with van der Waals surface area (Å²) in [6.45, 7) is 0. The van der Waals surface area contributed by atoms with E-state index in [0.29, 0.717) is 11.9 Å². The topological polar surface area (TPSA) is 17.8 Å². The van der Waals surface area contributed by atoms with Crippen LogP contribution in [-0.4, -0.2) is 9.55 Å². The fraction of sp³-hybridized carbons (Fsp3) is 0.533. The van der Waals surface area contributed by atoms with Gasteiger partial charge in [-0.2, -0.15) is 0 Å². The van der Waals surface area contributed by atoms with Crippen molar-refractivity contribution in [2.75, 3.05) is 0 Å². The van der Waals surface area contributed by atoms with Crippen LogP contribution in [0.3, 0.4) is 0 Å². The lowest BCUT2D eigenvalue weighted by Crippen LogP contribution is -2.15. The van der Waals surface area contributed by atoms with Crippen LogP contribution in [0.15, 0.2) is 18.2 Å². The van der Waals surface area contributed by atoms with Crippen LogP contribution < -0.4 is 0 Å². The quantitative estimate of drug-likeness (QED) is 0.548. The highest BCUT2D eigenvalue weighted by Gasteiger charge is 2.43. The molecule has 0 unspecified atom stereocenters. The molecular weight excluding hydrogens is 371 g/mol. The number of benzene rings is 1. The lowest BCUT2D eigenvalue weighted by molar-refractivity contribution is 0.396. The Labute approximate surface area is 131 Å². The SMILES string of the molecule is ClCc1nc2cc(I)ccc2n1C(C1CC1)C1CC1. The van der Waals surface area contributed by atoms with Crippen LogP contribution in [0.5, 0.6) is 0 Å². The molecule has 1 heterocycles. The number of rotatable bonds is 4. The Morgan fingerprint density at radius 1 is 1.26 bits per heavy atom. The number of hydrogen-bond acceptors (Lipinski definition) is 1. The first-order chi connectivity index (χ1) is 9.28. The molecule has 1 aromatic carbocycles. The van der Waals surface area contributed by atoms with Gasteiger partial charge in [-0.05, 0) is 78.3 Å². The second-order valence-electron chi connectivity index (χ2n) is 5.83. The van der Waals surface area contributed by atoms with Crippen LogP contribution in [0.25, 0.3) is 11.0 Å². The Balaban J connectivity index is 1.90. The van der Waals surface area contributed by atoms with Crippen molar-refractivity contribution in [3.8, 4) is 0 Å². The summed E-state index contributed by atoms with van der Waals surface area (Å²) < 4.78 is 3.71. The van der Waals surface area contributed by atoms with Gasteiger partial charge in [0.15, 0.2) is 0 Å². The number of nitrogens with zero attached hydrogens (tertiary/aromatic N) is 2. The zero-order valence-corrected chi connectivity index (χ0v) is 13.6. The lowest BCUT2D eigenvalue weighted by atomic mass is 10.1. The Hall–Kier alpha value is -0.290. The fourth-order valence-electron chi connectivity index (χ4n) is 3.23. The number of aromatic nitrogens is 2. The first kappa shape index (κ1) is 12.5. The predicted molar refractivity (Wildman–Crippen MR) is 86.5 cm³/mol. The molecular formula is C15H16ClIN2. The summed E-state index contributed by atoms with van der Waals surface area (Å²) in [6, 6.07) is 7.21. The number of alkyl halides is 1. The van der Waals surface area contributed by atoms with Crippen molar-refractivity contribution in [3.05, 3.63) is 27.6 Å². The van der Waals surface area contributed by atoms with E-state index in [2.05, 4.69) is 45.4 Å². The molecule has 1 aromatic heterocycles. The summed E-state index contributed by atoms with van der Waals surface area (Å²) >= 11 is 8.50. The van der Waals surface area contributed by atoms with E-state index in [-0.39, 0.29) is 0 Å². The van der Waals surface area contributed by atoms with Crippen LogP contribution in [0.4, 0.5) is 0 Å². The molecule has 19 heavy (non-hydrogen) atoms. The third kappa shape index (κ3) is 2.19. The molecule has 0 N–H and O–H groups in total. The second kappa shape index (κ2) is 4.62. The van der Waals surface area contributed by atoms with Crippen molar-refractivity contribution < 1.29 is 0 Å². The first-order valence-electron chi connectivity index (χ1n) is 7.00. The van der Waals surface area contributed by atoms with Gasteiger partial charge in [0, 0.05) is 9.61 Å². The summed E-state index contributed by atoms with van der Waals surface area (Å²) in [5, 5.41) is 0. The predicted octanol–water partition coefficient (Wildman–Crippen LogP) is 4.74. The van der Waals surface area contributed by atoms with E-state index in [1.54, 1.807) is 0 Å². The van der Waals surface area contributed by atoms with Crippen molar-refractivity contribution in [3.63, 3.8) is 0 Å². The van der Waals surface area contributed by atoms with E-state index >= 15 is 0 Å². The third-order valence-electron chi connectivity index (χ3n) is 4.35. The minimum Gasteiger partial charge on any atom is -0.323 e. The molecule has 100 valence electrons. The fourth-order valence-corrected chi connectivity index (χ4v) is 3.89. The highest BCUT2D eigenvalue weighted by molar-refractivity contribution is 14.1. The van der Waals surface area contributed by atoms with E-state index in [0.717, 1.165) is 23.2 Å². The minimum absolute atomic E-state index is 0.515. The van der Waals surface area contributed by atoms with Crippen molar-refractivity contribution in [2.45, 2.75) is 37.6 Å². The van der Waals surface area contributed by atoms with Gasteiger partial charge in [-0.3, -0.25) is 0 Å². The summed E-state index contributed by atoms with van der Waals surface area (Å²) in [5.41, 5.74) is 2.38. The molecule has 2 aliphatic carbocycles. The summed E-state index contributed by atoms with van der Waals surface area (Å²) in [6.07, 6.45) is 5.53. The standard InChI is InChI=1S/C15H16ClIN2/c16-8-14-18-12-7-11(17)5-6-13(12)19(14)15(9-1-2-9)10-3-4-10/h5-7,9-10,15H,1-4,8H2. The largest absolute Gasteiger partial charge is 0.323 e. The molecule has 0 saturated heterocycles. The molecule has 2 nitrogen and oxygen atoms in total. The average molecular weight is 387 g/mol. The Kier molecular flexibility index (Phi) is 3.03. The van der Waals surface area contributed by atoms with Crippen LogP contribution in [0.1, 0.15) is 37.5 Å². The first-order valence-corrected chi connectivity index (χ1v) is 8.61. The molecule has 0 aliphatic heterocycles. The molecule has 0 atom stereocenters. The van der Waals surface area contributed by atoms with E-state index in [1.807, 2.05) is 0 Å². The molecule has 2 aliphatic rings. The van der Waals surface area contributed by atoms with Crippen LogP contribution in [0.2, 0.25) is 0 Å². The van der Waals surface area contributed by atoms with Gasteiger partial charge in [0.05, 0.1) is 16.9 Å². The van der Waals surface area contributed by atoms with Gasteiger partial charge in [-0.25, -0.2) is 4.98 Å². The molecule has 2 aromatic rings. The zero-order chi connectivity index (χ0) is 13.0. The van der Waals surface area contributed by atoms with Crippen molar-refractivity contribution in [2.24, 2.45) is 11.8 Å². The van der Waals surface area contributed by atoms with E-state index < -0.39 is 0 Å². The monoisotopic (exact) mass is 386 g/mol. The van der Waals surface area contributed by atoms with Gasteiger partial charge in [0.2, 0.25) is 0 Å². The molecule has 0 amide bonds. The molecule has 0 radical (unpaired) electrons. The second-order valence-corrected chi connectivity index (χ2v) is 7.34. The molecule has 4 rings (SSSR count). The normalized spacial score (nSPS) is 19.5. The van der Waals surface area contributed by atoms with Gasteiger partial charge in [0.25, 0.3) is 0 Å². The highest BCUT2D eigenvalue weighted by atomic mass is 127. The molecule has 0 bridgehead atoms. The number of fused-ring (bicyclic) bond motifs is 1. The summed E-state index contributed by atoms with van der Waals surface area (Å²) in [5.74, 6) is 3.31. The number of imidazole rings is 1. The molecule has 2 fully saturated rings. The van der Waals surface area contributed by atoms with Crippen LogP contribution in [-0.2, 0) is 5.88 Å². The van der Waals surface area contributed by atoms with E-state index in [1.165, 1.54) is 34.8 Å².